The Morgan fingerprint density at radius 2 is 1.36 bits per heavy atom. The smallest absolute Gasteiger partial charge is 0.503 e. The number of hydrogen-bond acceptors (Lipinski definition) is 3. The first-order chi connectivity index (χ1) is 21.3. The Morgan fingerprint density at radius 3 is 2.23 bits per heavy atom. The number of fused-ring (bicyclic) bond motifs is 9. The number of aromatic nitrogens is 4. The van der Waals surface area contributed by atoms with Crippen molar-refractivity contribution >= 4 is 49.1 Å². The van der Waals surface area contributed by atoms with Crippen LogP contribution in [0.4, 0.5) is 0 Å². The maximum Gasteiger partial charge on any atom is 2.00 e. The molecule has 0 bridgehead atoms. The van der Waals surface area contributed by atoms with E-state index in [-0.39, 0.29) is 21.1 Å². The third kappa shape index (κ3) is 4.12. The van der Waals surface area contributed by atoms with Crippen LogP contribution in [0, 0.1) is 12.1 Å². The van der Waals surface area contributed by atoms with Crippen LogP contribution < -0.4 is 4.74 Å². The van der Waals surface area contributed by atoms with E-state index in [4.69, 9.17) is 9.72 Å². The van der Waals surface area contributed by atoms with Gasteiger partial charge in [-0.05, 0) is 46.2 Å². The summed E-state index contributed by atoms with van der Waals surface area (Å²) in [5.41, 5.74) is 6.28. The molecule has 44 heavy (non-hydrogen) atoms. The topological polar surface area (TPSA) is 44.3 Å². The minimum absolute atomic E-state index is 0. The molecule has 0 saturated carbocycles. The Labute approximate surface area is 267 Å². The van der Waals surface area contributed by atoms with Gasteiger partial charge < -0.3 is 13.7 Å². The fraction of sp³-hybridized carbons (Fsp3) is 0. The number of nitrogens with zero attached hydrogens (tertiary/aromatic N) is 4. The average molecular weight is 746 g/mol. The average Bonchev–Trinajstić information content (AvgIpc) is 3.69. The van der Waals surface area contributed by atoms with Gasteiger partial charge in [0.1, 0.15) is 5.82 Å². The maximum absolute atomic E-state index is 6.43. The number of rotatable bonds is 4. The summed E-state index contributed by atoms with van der Waals surface area (Å²) in [6, 6.07) is 46.5. The second kappa shape index (κ2) is 10.5. The molecule has 210 valence electrons. The predicted molar refractivity (Wildman–Crippen MR) is 172 cm³/mol. The largest absolute Gasteiger partial charge is 2.00 e. The van der Waals surface area contributed by atoms with Gasteiger partial charge in [0.2, 0.25) is 0 Å². The molecular weight excluding hydrogens is 724 g/mol. The van der Waals surface area contributed by atoms with Crippen LogP contribution in [0.5, 0.6) is 11.5 Å². The molecule has 0 aliphatic carbocycles. The van der Waals surface area contributed by atoms with Crippen molar-refractivity contribution in [1.29, 1.82) is 0 Å². The van der Waals surface area contributed by atoms with Crippen LogP contribution in [0.1, 0.15) is 0 Å². The van der Waals surface area contributed by atoms with Crippen molar-refractivity contribution < 1.29 is 25.8 Å². The molecule has 0 fully saturated rings. The van der Waals surface area contributed by atoms with E-state index in [2.05, 4.69) is 98.9 Å². The number of pyridine rings is 2. The zero-order chi connectivity index (χ0) is 28.3. The predicted octanol–water partition coefficient (Wildman–Crippen LogP) is 9.19. The first kappa shape index (κ1) is 26.4. The van der Waals surface area contributed by atoms with Gasteiger partial charge in [-0.3, -0.25) is 4.98 Å². The number of para-hydroxylation sites is 1. The van der Waals surface area contributed by atoms with Crippen molar-refractivity contribution in [2.45, 2.75) is 0 Å². The minimum Gasteiger partial charge on any atom is -0.503 e. The van der Waals surface area contributed by atoms with Gasteiger partial charge in [0, 0.05) is 41.1 Å². The number of ether oxygens (including phenoxy) is 1. The van der Waals surface area contributed by atoms with E-state index in [1.807, 2.05) is 61.1 Å². The summed E-state index contributed by atoms with van der Waals surface area (Å²) < 4.78 is 10.7. The van der Waals surface area contributed by atoms with E-state index >= 15 is 0 Å². The van der Waals surface area contributed by atoms with Crippen LogP contribution in [0.2, 0.25) is 0 Å². The number of benzene rings is 5. The zero-order valence-corrected chi connectivity index (χ0v) is 25.5. The van der Waals surface area contributed by atoms with E-state index in [1.165, 1.54) is 11.1 Å². The third-order valence-corrected chi connectivity index (χ3v) is 8.09. The molecule has 0 spiro atoms. The molecule has 0 atom stereocenters. The molecule has 9 rings (SSSR count). The molecule has 9 aromatic rings. The number of hydrogen-bond donors (Lipinski definition) is 0. The monoisotopic (exact) mass is 745 g/mol. The van der Waals surface area contributed by atoms with Crippen molar-refractivity contribution in [3.8, 4) is 28.4 Å². The molecule has 0 amide bonds. The Hall–Kier alpha value is -5.25. The normalized spacial score (nSPS) is 11.5. The van der Waals surface area contributed by atoms with Crippen molar-refractivity contribution in [2.24, 2.45) is 0 Å². The van der Waals surface area contributed by atoms with E-state index in [0.29, 0.717) is 11.5 Å². The SMILES string of the molecule is [Pt+2].[c-]1c(Oc2[c-]c3c(cc2)c2ccccc2n3-c2ccccn2)ccc2c1c1nccn1c1ccc(-c3ccccc3)cc21. The van der Waals surface area contributed by atoms with Crippen LogP contribution >= 0.6 is 0 Å². The molecule has 0 N–H and O–H groups in total. The fourth-order valence-electron chi connectivity index (χ4n) is 6.17. The Bertz CT molecular complexity index is 2480. The van der Waals surface area contributed by atoms with Crippen LogP contribution in [-0.2, 0) is 21.1 Å². The summed E-state index contributed by atoms with van der Waals surface area (Å²) in [4.78, 5) is 9.32. The Morgan fingerprint density at radius 1 is 0.568 bits per heavy atom. The molecule has 4 heterocycles. The van der Waals surface area contributed by atoms with Crippen LogP contribution in [0.3, 0.4) is 0 Å². The Balaban J connectivity index is 0.00000289. The van der Waals surface area contributed by atoms with Gasteiger partial charge in [0.15, 0.2) is 0 Å². The maximum atomic E-state index is 6.43. The molecular formula is C38H22N4OPt. The van der Waals surface area contributed by atoms with Gasteiger partial charge in [-0.2, -0.15) is 6.07 Å². The Kier molecular flexibility index (Phi) is 6.28. The van der Waals surface area contributed by atoms with Crippen molar-refractivity contribution in [3.63, 3.8) is 0 Å². The van der Waals surface area contributed by atoms with Crippen LogP contribution in [0.15, 0.2) is 134 Å². The summed E-state index contributed by atoms with van der Waals surface area (Å²) in [5.74, 6) is 2.05. The van der Waals surface area contributed by atoms with Crippen LogP contribution in [-0.4, -0.2) is 18.9 Å². The summed E-state index contributed by atoms with van der Waals surface area (Å²) in [7, 11) is 0. The van der Waals surface area contributed by atoms with E-state index in [1.54, 1.807) is 0 Å². The van der Waals surface area contributed by atoms with Crippen molar-refractivity contribution in [1.82, 2.24) is 18.9 Å². The van der Waals surface area contributed by atoms with Gasteiger partial charge in [0.25, 0.3) is 0 Å². The number of imidazole rings is 1. The summed E-state index contributed by atoms with van der Waals surface area (Å²) in [5, 5.41) is 5.36. The van der Waals surface area contributed by atoms with Gasteiger partial charge in [-0.1, -0.05) is 89.1 Å². The fourth-order valence-corrected chi connectivity index (χ4v) is 6.17. The first-order valence-corrected chi connectivity index (χ1v) is 14.2. The molecule has 0 aliphatic heterocycles. The third-order valence-electron chi connectivity index (χ3n) is 8.09. The van der Waals surface area contributed by atoms with Crippen LogP contribution in [0.25, 0.3) is 66.1 Å². The van der Waals surface area contributed by atoms with E-state index < -0.39 is 0 Å². The van der Waals surface area contributed by atoms with E-state index in [9.17, 15) is 0 Å². The molecule has 0 unspecified atom stereocenters. The van der Waals surface area contributed by atoms with Crippen molar-refractivity contribution in [2.75, 3.05) is 0 Å². The van der Waals surface area contributed by atoms with Gasteiger partial charge >= 0.3 is 21.1 Å². The second-order valence-electron chi connectivity index (χ2n) is 10.6. The first-order valence-electron chi connectivity index (χ1n) is 14.2. The minimum atomic E-state index is 0. The van der Waals surface area contributed by atoms with E-state index in [0.717, 1.165) is 54.9 Å². The van der Waals surface area contributed by atoms with Crippen molar-refractivity contribution in [3.05, 3.63) is 146 Å². The summed E-state index contributed by atoms with van der Waals surface area (Å²) in [6.07, 6.45) is 5.64. The molecule has 0 saturated heterocycles. The summed E-state index contributed by atoms with van der Waals surface area (Å²) in [6.45, 7) is 0. The quantitative estimate of drug-likeness (QED) is 0.133. The molecule has 5 aromatic carbocycles. The molecule has 5 nitrogen and oxygen atoms in total. The molecule has 0 radical (unpaired) electrons. The molecule has 6 heteroatoms. The second-order valence-corrected chi connectivity index (χ2v) is 10.6. The van der Waals surface area contributed by atoms with Gasteiger partial charge in [-0.15, -0.1) is 29.7 Å². The van der Waals surface area contributed by atoms with Gasteiger partial charge in [-0.25, -0.2) is 4.98 Å². The standard InChI is InChI=1S/C38H22N4O.Pt/c1-2-8-25(9-3-1)26-13-18-34-32(22-26)29-16-14-27(23-33(29)38-40-20-21-41(34)38)43-28-15-17-31-30-10-4-5-11-35(30)42(36(31)24-28)37-12-6-7-19-39-37;/h1-22H;/q-2;+2. The zero-order valence-electron chi connectivity index (χ0n) is 23.2. The van der Waals surface area contributed by atoms with Gasteiger partial charge in [0.05, 0.1) is 5.65 Å². The molecule has 0 aliphatic rings. The molecule has 4 aromatic heterocycles. The summed E-state index contributed by atoms with van der Waals surface area (Å²) >= 11 is 0.